The van der Waals surface area contributed by atoms with Gasteiger partial charge in [-0.15, -0.1) is 21.5 Å². The topological polar surface area (TPSA) is 59.8 Å². The van der Waals surface area contributed by atoms with Crippen LogP contribution < -0.4 is 5.32 Å². The molecule has 0 aliphatic heterocycles. The van der Waals surface area contributed by atoms with Crippen molar-refractivity contribution < 1.29 is 4.79 Å². The Labute approximate surface area is 167 Å². The van der Waals surface area contributed by atoms with E-state index in [1.54, 1.807) is 11.3 Å². The standard InChI is InChI=1S/C20H22N4OS2/c1-14(19(25)21-15-8-5-6-9-15)27-20-23-22-18(17-12-7-13-26-17)24(20)16-10-3-2-4-11-16/h2-4,7,10-15H,5-6,8-9H2,1H3,(H,21,25)/t14-/m0/s1. The molecule has 1 aromatic carbocycles. The molecule has 1 aliphatic rings. The Morgan fingerprint density at radius 2 is 1.96 bits per heavy atom. The van der Waals surface area contributed by atoms with Gasteiger partial charge in [-0.1, -0.05) is 48.9 Å². The Bertz CT molecular complexity index is 886. The average molecular weight is 399 g/mol. The van der Waals surface area contributed by atoms with Gasteiger partial charge in [0.05, 0.1) is 10.1 Å². The molecule has 1 saturated carbocycles. The highest BCUT2D eigenvalue weighted by Crippen LogP contribution is 2.32. The van der Waals surface area contributed by atoms with Gasteiger partial charge in [0.25, 0.3) is 0 Å². The van der Waals surface area contributed by atoms with Gasteiger partial charge in [0.2, 0.25) is 5.91 Å². The zero-order valence-electron chi connectivity index (χ0n) is 15.2. The molecule has 0 bridgehead atoms. The summed E-state index contributed by atoms with van der Waals surface area (Å²) < 4.78 is 2.04. The lowest BCUT2D eigenvalue weighted by Gasteiger charge is -2.16. The summed E-state index contributed by atoms with van der Waals surface area (Å²) in [6.45, 7) is 1.93. The third-order valence-electron chi connectivity index (χ3n) is 4.74. The van der Waals surface area contributed by atoms with Gasteiger partial charge in [-0.25, -0.2) is 0 Å². The van der Waals surface area contributed by atoms with Gasteiger partial charge in [-0.05, 0) is 43.3 Å². The van der Waals surface area contributed by atoms with Crippen LogP contribution in [0.2, 0.25) is 0 Å². The van der Waals surface area contributed by atoms with Crippen molar-refractivity contribution in [3.05, 3.63) is 47.8 Å². The molecule has 7 heteroatoms. The molecule has 0 radical (unpaired) electrons. The van der Waals surface area contributed by atoms with Crippen LogP contribution in [0.15, 0.2) is 53.0 Å². The molecule has 0 saturated heterocycles. The van der Waals surface area contributed by atoms with Crippen LogP contribution in [-0.4, -0.2) is 32.0 Å². The first-order valence-electron chi connectivity index (χ1n) is 9.24. The van der Waals surface area contributed by atoms with E-state index >= 15 is 0 Å². The number of benzene rings is 1. The Morgan fingerprint density at radius 1 is 1.19 bits per heavy atom. The summed E-state index contributed by atoms with van der Waals surface area (Å²) in [4.78, 5) is 13.7. The summed E-state index contributed by atoms with van der Waals surface area (Å²) >= 11 is 3.09. The number of nitrogens with one attached hydrogen (secondary N) is 1. The van der Waals surface area contributed by atoms with E-state index in [1.165, 1.54) is 24.6 Å². The lowest BCUT2D eigenvalue weighted by atomic mass is 10.2. The minimum atomic E-state index is -0.228. The molecular weight excluding hydrogens is 376 g/mol. The van der Waals surface area contributed by atoms with Crippen LogP contribution in [0.3, 0.4) is 0 Å². The monoisotopic (exact) mass is 398 g/mol. The fourth-order valence-corrected chi connectivity index (χ4v) is 4.90. The summed E-state index contributed by atoms with van der Waals surface area (Å²) in [7, 11) is 0. The highest BCUT2D eigenvalue weighted by Gasteiger charge is 2.24. The number of nitrogens with zero attached hydrogens (tertiary/aromatic N) is 3. The average Bonchev–Trinajstić information content (AvgIpc) is 3.44. The molecule has 5 nitrogen and oxygen atoms in total. The van der Waals surface area contributed by atoms with E-state index in [9.17, 15) is 4.79 Å². The highest BCUT2D eigenvalue weighted by molar-refractivity contribution is 8.00. The first-order chi connectivity index (χ1) is 13.2. The van der Waals surface area contributed by atoms with Gasteiger partial charge < -0.3 is 5.32 Å². The van der Waals surface area contributed by atoms with Crippen LogP contribution >= 0.6 is 23.1 Å². The number of carbonyl (C=O) groups excluding carboxylic acids is 1. The molecule has 1 fully saturated rings. The summed E-state index contributed by atoms with van der Waals surface area (Å²) in [5.74, 6) is 0.884. The van der Waals surface area contributed by atoms with Crippen molar-refractivity contribution in [1.82, 2.24) is 20.1 Å². The molecule has 0 unspecified atom stereocenters. The maximum absolute atomic E-state index is 12.6. The van der Waals surface area contributed by atoms with E-state index in [2.05, 4.69) is 15.5 Å². The molecule has 140 valence electrons. The van der Waals surface area contributed by atoms with E-state index < -0.39 is 0 Å². The number of carbonyl (C=O) groups is 1. The number of para-hydroxylation sites is 1. The number of hydrogen-bond donors (Lipinski definition) is 1. The highest BCUT2D eigenvalue weighted by atomic mass is 32.2. The van der Waals surface area contributed by atoms with Crippen molar-refractivity contribution >= 4 is 29.0 Å². The van der Waals surface area contributed by atoms with Gasteiger partial charge in [0.1, 0.15) is 0 Å². The van der Waals surface area contributed by atoms with Crippen LogP contribution in [0.1, 0.15) is 32.6 Å². The first-order valence-corrected chi connectivity index (χ1v) is 11.0. The van der Waals surface area contributed by atoms with Gasteiger partial charge in [-0.3, -0.25) is 9.36 Å². The zero-order chi connectivity index (χ0) is 18.6. The fourth-order valence-electron chi connectivity index (χ4n) is 3.32. The van der Waals surface area contributed by atoms with Crippen molar-refractivity contribution in [2.24, 2.45) is 0 Å². The maximum atomic E-state index is 12.6. The third-order valence-corrected chi connectivity index (χ3v) is 6.65. The van der Waals surface area contributed by atoms with Gasteiger partial charge in [-0.2, -0.15) is 0 Å². The first kappa shape index (κ1) is 18.3. The van der Waals surface area contributed by atoms with E-state index in [-0.39, 0.29) is 11.2 Å². The van der Waals surface area contributed by atoms with Crippen molar-refractivity contribution in [3.63, 3.8) is 0 Å². The smallest absolute Gasteiger partial charge is 0.233 e. The Kier molecular flexibility index (Phi) is 5.59. The Balaban J connectivity index is 1.59. The van der Waals surface area contributed by atoms with Crippen molar-refractivity contribution in [2.75, 3.05) is 0 Å². The predicted octanol–water partition coefficient (Wildman–Crippen LogP) is 4.54. The molecule has 1 N–H and O–H groups in total. The van der Waals surface area contributed by atoms with Crippen LogP contribution in [0.4, 0.5) is 0 Å². The van der Waals surface area contributed by atoms with E-state index in [1.807, 2.05) is 59.3 Å². The molecule has 4 rings (SSSR count). The molecule has 1 amide bonds. The SMILES string of the molecule is C[C@H](Sc1nnc(-c2cccs2)n1-c1ccccc1)C(=O)NC1CCCC1. The molecule has 0 spiro atoms. The summed E-state index contributed by atoms with van der Waals surface area (Å²) in [6.07, 6.45) is 4.59. The minimum absolute atomic E-state index is 0.0761. The summed E-state index contributed by atoms with van der Waals surface area (Å²) in [6, 6.07) is 14.4. The number of rotatable bonds is 6. The van der Waals surface area contributed by atoms with Gasteiger partial charge >= 0.3 is 0 Å². The lowest BCUT2D eigenvalue weighted by Crippen LogP contribution is -2.37. The molecule has 3 aromatic rings. The fraction of sp³-hybridized carbons (Fsp3) is 0.350. The Hall–Kier alpha value is -2.12. The molecule has 1 atom stereocenters. The Morgan fingerprint density at radius 3 is 2.67 bits per heavy atom. The minimum Gasteiger partial charge on any atom is -0.352 e. The molecule has 1 aliphatic carbocycles. The maximum Gasteiger partial charge on any atom is 0.233 e. The summed E-state index contributed by atoms with van der Waals surface area (Å²) in [5.41, 5.74) is 0.997. The van der Waals surface area contributed by atoms with Crippen LogP contribution in [-0.2, 0) is 4.79 Å². The zero-order valence-corrected chi connectivity index (χ0v) is 16.8. The number of thiophene rings is 1. The number of aromatic nitrogens is 3. The molecular formula is C20H22N4OS2. The number of thioether (sulfide) groups is 1. The van der Waals surface area contributed by atoms with Crippen LogP contribution in [0.5, 0.6) is 0 Å². The van der Waals surface area contributed by atoms with Crippen LogP contribution in [0, 0.1) is 0 Å². The van der Waals surface area contributed by atoms with E-state index in [4.69, 9.17) is 0 Å². The second kappa shape index (κ2) is 8.27. The molecule has 27 heavy (non-hydrogen) atoms. The lowest BCUT2D eigenvalue weighted by molar-refractivity contribution is -0.120. The van der Waals surface area contributed by atoms with Gasteiger partial charge in [0.15, 0.2) is 11.0 Å². The van der Waals surface area contributed by atoms with E-state index in [0.29, 0.717) is 6.04 Å². The van der Waals surface area contributed by atoms with Gasteiger partial charge in [0, 0.05) is 11.7 Å². The summed E-state index contributed by atoms with van der Waals surface area (Å²) in [5, 5.41) is 14.5. The number of amides is 1. The largest absolute Gasteiger partial charge is 0.352 e. The van der Waals surface area contributed by atoms with Crippen molar-refractivity contribution in [3.8, 4) is 16.4 Å². The quantitative estimate of drug-likeness (QED) is 0.620. The van der Waals surface area contributed by atoms with Crippen LogP contribution in [0.25, 0.3) is 16.4 Å². The molecule has 2 heterocycles. The third kappa shape index (κ3) is 4.09. The normalized spacial score (nSPS) is 15.7. The second-order valence-corrected chi connectivity index (χ2v) is 8.96. The van der Waals surface area contributed by atoms with Crippen molar-refractivity contribution in [2.45, 2.75) is 49.1 Å². The second-order valence-electron chi connectivity index (χ2n) is 6.70. The van der Waals surface area contributed by atoms with E-state index in [0.717, 1.165) is 34.4 Å². The molecule has 2 aromatic heterocycles. The van der Waals surface area contributed by atoms with Crippen molar-refractivity contribution in [1.29, 1.82) is 0 Å². The predicted molar refractivity (Wildman–Crippen MR) is 110 cm³/mol. The number of hydrogen-bond acceptors (Lipinski definition) is 5.